The molecule has 0 amide bonds. The molecule has 1 saturated heterocycles. The van der Waals surface area contributed by atoms with Crippen molar-refractivity contribution in [1.29, 1.82) is 0 Å². The summed E-state index contributed by atoms with van der Waals surface area (Å²) in [5.74, 6) is -0.264. The number of hydrogen-bond acceptors (Lipinski definition) is 5. The van der Waals surface area contributed by atoms with Crippen LogP contribution in [0.4, 0.5) is 0 Å². The van der Waals surface area contributed by atoms with Crippen LogP contribution >= 0.6 is 0 Å². The van der Waals surface area contributed by atoms with Gasteiger partial charge in [0.15, 0.2) is 0 Å². The predicted octanol–water partition coefficient (Wildman–Crippen LogP) is -0.226. The highest BCUT2D eigenvalue weighted by Crippen LogP contribution is 2.27. The molecule has 0 radical (unpaired) electrons. The first-order valence-electron chi connectivity index (χ1n) is 5.84. The molecule has 0 bridgehead atoms. The highest BCUT2D eigenvalue weighted by Gasteiger charge is 2.38. The molecule has 2 aliphatic rings. The van der Waals surface area contributed by atoms with Gasteiger partial charge in [0.25, 0.3) is 0 Å². The van der Waals surface area contributed by atoms with E-state index in [0.29, 0.717) is 6.42 Å². The van der Waals surface area contributed by atoms with Gasteiger partial charge in [0.1, 0.15) is 6.10 Å². The number of rotatable bonds is 2. The van der Waals surface area contributed by atoms with Crippen LogP contribution in [0.1, 0.15) is 19.8 Å². The average molecular weight is 229 g/mol. The van der Waals surface area contributed by atoms with Crippen LogP contribution < -0.4 is 0 Å². The molecular weight excluding hydrogens is 210 g/mol. The lowest BCUT2D eigenvalue weighted by molar-refractivity contribution is -0.146. The summed E-state index contributed by atoms with van der Waals surface area (Å²) in [7, 11) is 0. The van der Waals surface area contributed by atoms with Crippen molar-refractivity contribution in [3.05, 3.63) is 0 Å². The van der Waals surface area contributed by atoms with Gasteiger partial charge in [-0.1, -0.05) is 0 Å². The van der Waals surface area contributed by atoms with Gasteiger partial charge >= 0.3 is 5.97 Å². The second kappa shape index (κ2) is 5.12. The van der Waals surface area contributed by atoms with E-state index in [-0.39, 0.29) is 24.2 Å². The molecule has 92 valence electrons. The largest absolute Gasteiger partial charge is 0.462 e. The Morgan fingerprint density at radius 2 is 2.06 bits per heavy atom. The van der Waals surface area contributed by atoms with Crippen molar-refractivity contribution < 1.29 is 19.4 Å². The minimum Gasteiger partial charge on any atom is -0.462 e. The van der Waals surface area contributed by atoms with E-state index in [1.165, 1.54) is 6.92 Å². The summed E-state index contributed by atoms with van der Waals surface area (Å²) in [5.41, 5.74) is 0. The molecule has 0 spiro atoms. The van der Waals surface area contributed by atoms with Crippen LogP contribution in [0.3, 0.4) is 0 Å². The second-order valence-corrected chi connectivity index (χ2v) is 4.49. The topological polar surface area (TPSA) is 59.0 Å². The molecule has 3 atom stereocenters. The molecule has 5 nitrogen and oxygen atoms in total. The van der Waals surface area contributed by atoms with E-state index in [2.05, 4.69) is 4.90 Å². The molecular formula is C11H19NO4. The highest BCUT2D eigenvalue weighted by atomic mass is 16.5. The molecule has 1 saturated carbocycles. The summed E-state index contributed by atoms with van der Waals surface area (Å²) in [6.45, 7) is 4.57. The van der Waals surface area contributed by atoms with Crippen molar-refractivity contribution in [2.75, 3.05) is 26.3 Å². The van der Waals surface area contributed by atoms with Gasteiger partial charge in [-0.15, -0.1) is 0 Å². The Labute approximate surface area is 95.3 Å². The van der Waals surface area contributed by atoms with Crippen LogP contribution in [0.5, 0.6) is 0 Å². The molecule has 1 aliphatic carbocycles. The Morgan fingerprint density at radius 3 is 2.69 bits per heavy atom. The third kappa shape index (κ3) is 2.72. The number of hydrogen-bond donors (Lipinski definition) is 1. The van der Waals surface area contributed by atoms with Crippen LogP contribution in [0.15, 0.2) is 0 Å². The van der Waals surface area contributed by atoms with Crippen molar-refractivity contribution in [3.63, 3.8) is 0 Å². The molecule has 0 aromatic rings. The Morgan fingerprint density at radius 1 is 1.38 bits per heavy atom. The number of ether oxygens (including phenoxy) is 2. The Balaban J connectivity index is 1.88. The molecule has 0 unspecified atom stereocenters. The zero-order valence-electron chi connectivity index (χ0n) is 9.59. The number of nitrogens with zero attached hydrogens (tertiary/aromatic N) is 1. The quantitative estimate of drug-likeness (QED) is 0.663. The molecule has 2 rings (SSSR count). The highest BCUT2D eigenvalue weighted by molar-refractivity contribution is 5.66. The number of carbonyl (C=O) groups excluding carboxylic acids is 1. The van der Waals surface area contributed by atoms with Gasteiger partial charge in [0.2, 0.25) is 0 Å². The summed E-state index contributed by atoms with van der Waals surface area (Å²) in [4.78, 5) is 13.1. The van der Waals surface area contributed by atoms with Crippen molar-refractivity contribution in [1.82, 2.24) is 4.90 Å². The van der Waals surface area contributed by atoms with Gasteiger partial charge in [-0.25, -0.2) is 0 Å². The van der Waals surface area contributed by atoms with E-state index in [4.69, 9.17) is 9.47 Å². The smallest absolute Gasteiger partial charge is 0.302 e. The lowest BCUT2D eigenvalue weighted by atomic mass is 10.1. The minimum atomic E-state index is -0.387. The molecule has 2 fully saturated rings. The van der Waals surface area contributed by atoms with Gasteiger partial charge in [-0.05, 0) is 0 Å². The first-order valence-corrected chi connectivity index (χ1v) is 5.84. The third-order valence-electron chi connectivity index (χ3n) is 3.30. The van der Waals surface area contributed by atoms with E-state index >= 15 is 0 Å². The summed E-state index contributed by atoms with van der Waals surface area (Å²) in [6, 6.07) is 0.119. The zero-order valence-corrected chi connectivity index (χ0v) is 9.59. The number of carbonyl (C=O) groups is 1. The lowest BCUT2D eigenvalue weighted by Gasteiger charge is -2.33. The molecule has 1 N–H and O–H groups in total. The van der Waals surface area contributed by atoms with Crippen molar-refractivity contribution in [2.45, 2.75) is 38.0 Å². The second-order valence-electron chi connectivity index (χ2n) is 4.49. The van der Waals surface area contributed by atoms with Crippen LogP contribution in [-0.4, -0.2) is 60.5 Å². The molecule has 5 heteroatoms. The number of aliphatic hydroxyl groups is 1. The summed E-state index contributed by atoms with van der Waals surface area (Å²) in [6.07, 6.45) is 0.783. The van der Waals surface area contributed by atoms with E-state index in [1.807, 2.05) is 0 Å². The Hall–Kier alpha value is -0.650. The van der Waals surface area contributed by atoms with Crippen molar-refractivity contribution in [2.24, 2.45) is 0 Å². The summed E-state index contributed by atoms with van der Waals surface area (Å²) >= 11 is 0. The van der Waals surface area contributed by atoms with E-state index < -0.39 is 0 Å². The monoisotopic (exact) mass is 229 g/mol. The maximum absolute atomic E-state index is 10.9. The van der Waals surface area contributed by atoms with Crippen molar-refractivity contribution in [3.8, 4) is 0 Å². The maximum Gasteiger partial charge on any atom is 0.302 e. The SMILES string of the molecule is CC(=O)O[C@H]1C[C@@H](O)[C@H](N2CCOCC2)C1. The number of morpholine rings is 1. The Bertz CT molecular complexity index is 252. The Kier molecular flexibility index (Phi) is 3.78. The first-order chi connectivity index (χ1) is 7.66. The van der Waals surface area contributed by atoms with Gasteiger partial charge in [-0.2, -0.15) is 0 Å². The summed E-state index contributed by atoms with van der Waals surface area (Å²) < 4.78 is 10.4. The van der Waals surface area contributed by atoms with Gasteiger partial charge in [-0.3, -0.25) is 9.69 Å². The van der Waals surface area contributed by atoms with Gasteiger partial charge in [0.05, 0.1) is 19.3 Å². The molecule has 1 heterocycles. The molecule has 0 aromatic carbocycles. The molecule has 16 heavy (non-hydrogen) atoms. The fourth-order valence-corrected chi connectivity index (χ4v) is 2.58. The zero-order chi connectivity index (χ0) is 11.5. The van der Waals surface area contributed by atoms with Crippen LogP contribution in [0.2, 0.25) is 0 Å². The fourth-order valence-electron chi connectivity index (χ4n) is 2.58. The van der Waals surface area contributed by atoms with Crippen LogP contribution in [0, 0.1) is 0 Å². The van der Waals surface area contributed by atoms with E-state index in [9.17, 15) is 9.90 Å². The average Bonchev–Trinajstić information content (AvgIpc) is 2.60. The van der Waals surface area contributed by atoms with Crippen molar-refractivity contribution >= 4 is 5.97 Å². The van der Waals surface area contributed by atoms with Gasteiger partial charge < -0.3 is 14.6 Å². The summed E-state index contributed by atoms with van der Waals surface area (Å²) in [5, 5.41) is 9.95. The van der Waals surface area contributed by atoms with Crippen LogP contribution in [-0.2, 0) is 14.3 Å². The predicted molar refractivity (Wildman–Crippen MR) is 57.0 cm³/mol. The number of esters is 1. The minimum absolute atomic E-state index is 0.119. The normalized spacial score (nSPS) is 36.2. The standard InChI is InChI=1S/C11H19NO4/c1-8(13)16-9-6-10(11(14)7-9)12-2-4-15-5-3-12/h9-11,14H,2-7H2,1H3/t9-,10-,11-/m1/s1. The third-order valence-corrected chi connectivity index (χ3v) is 3.30. The molecule has 0 aromatic heterocycles. The first kappa shape index (κ1) is 11.8. The molecule has 1 aliphatic heterocycles. The fraction of sp³-hybridized carbons (Fsp3) is 0.909. The van der Waals surface area contributed by atoms with E-state index in [1.54, 1.807) is 0 Å². The maximum atomic E-state index is 10.9. The van der Waals surface area contributed by atoms with E-state index in [0.717, 1.165) is 32.7 Å². The number of aliphatic hydroxyl groups excluding tert-OH is 1. The lowest BCUT2D eigenvalue weighted by Crippen LogP contribution is -2.46. The van der Waals surface area contributed by atoms with Gasteiger partial charge in [0, 0.05) is 38.9 Å². The van der Waals surface area contributed by atoms with Crippen LogP contribution in [0.25, 0.3) is 0 Å².